The largest absolute Gasteiger partial charge is 0.490 e. The quantitative estimate of drug-likeness (QED) is 0.489. The first kappa shape index (κ1) is 27.8. The first-order chi connectivity index (χ1) is 17.2. The van der Waals surface area contributed by atoms with Gasteiger partial charge in [-0.2, -0.15) is 13.2 Å². The molecule has 4 rings (SSSR count). The van der Waals surface area contributed by atoms with E-state index in [1.165, 1.54) is 35.4 Å². The first-order valence-corrected chi connectivity index (χ1v) is 11.3. The topological polar surface area (TPSA) is 138 Å². The van der Waals surface area contributed by atoms with E-state index in [4.69, 9.17) is 27.2 Å². The van der Waals surface area contributed by atoms with Crippen molar-refractivity contribution in [2.24, 2.45) is 16.6 Å². The van der Waals surface area contributed by atoms with Crippen LogP contribution in [0.2, 0.25) is 5.02 Å². The summed E-state index contributed by atoms with van der Waals surface area (Å²) in [6, 6.07) is 7.19. The number of anilines is 1. The Morgan fingerprint density at radius 1 is 1.27 bits per heavy atom. The van der Waals surface area contributed by atoms with Crippen LogP contribution in [0.1, 0.15) is 42.2 Å². The SMILES string of the molecule is C[C@@]1(c2cc(NC(=O)c3ccc(Cl)cn3)ccc2F)CC(=O)N(CC2CC2)C(N)=N1.O=C(O)C(F)(F)F. The summed E-state index contributed by atoms with van der Waals surface area (Å²) >= 11 is 5.79. The Morgan fingerprint density at radius 2 is 1.92 bits per heavy atom. The van der Waals surface area contributed by atoms with Crippen LogP contribution in [0.3, 0.4) is 0 Å². The van der Waals surface area contributed by atoms with E-state index in [1.807, 2.05) is 0 Å². The molecule has 1 atom stereocenters. The van der Waals surface area contributed by atoms with Crippen LogP contribution in [0.25, 0.3) is 0 Å². The lowest BCUT2D eigenvalue weighted by molar-refractivity contribution is -0.192. The minimum Gasteiger partial charge on any atom is -0.475 e. The van der Waals surface area contributed by atoms with Gasteiger partial charge in [-0.25, -0.2) is 19.2 Å². The highest BCUT2D eigenvalue weighted by Gasteiger charge is 2.41. The van der Waals surface area contributed by atoms with Crippen molar-refractivity contribution in [3.05, 3.63) is 58.6 Å². The van der Waals surface area contributed by atoms with Gasteiger partial charge in [0, 0.05) is 24.0 Å². The lowest BCUT2D eigenvalue weighted by atomic mass is 9.86. The number of aliphatic imine (C=N–C) groups is 1. The van der Waals surface area contributed by atoms with E-state index in [0.29, 0.717) is 23.2 Å². The number of alkyl halides is 3. The number of rotatable bonds is 5. The molecule has 0 spiro atoms. The predicted octanol–water partition coefficient (Wildman–Crippen LogP) is 3.93. The second-order valence-corrected chi connectivity index (χ2v) is 9.12. The molecule has 0 unspecified atom stereocenters. The lowest BCUT2D eigenvalue weighted by Crippen LogP contribution is -2.50. The summed E-state index contributed by atoms with van der Waals surface area (Å²) in [5.74, 6) is -3.37. The van der Waals surface area contributed by atoms with Gasteiger partial charge in [-0.05, 0) is 56.0 Å². The number of carbonyl (C=O) groups is 3. The molecule has 2 amide bonds. The highest BCUT2D eigenvalue weighted by atomic mass is 35.5. The Balaban J connectivity index is 0.000000479. The molecule has 1 aromatic heterocycles. The van der Waals surface area contributed by atoms with Crippen molar-refractivity contribution in [3.63, 3.8) is 0 Å². The van der Waals surface area contributed by atoms with Crippen molar-refractivity contribution in [1.29, 1.82) is 0 Å². The summed E-state index contributed by atoms with van der Waals surface area (Å²) in [5.41, 5.74) is 5.61. The number of carbonyl (C=O) groups excluding carboxylic acids is 2. The highest BCUT2D eigenvalue weighted by Crippen LogP contribution is 2.38. The number of pyridine rings is 1. The van der Waals surface area contributed by atoms with Gasteiger partial charge < -0.3 is 16.2 Å². The number of nitrogens with two attached hydrogens (primary N) is 1. The Kier molecular flexibility index (Phi) is 8.06. The summed E-state index contributed by atoms with van der Waals surface area (Å²) < 4.78 is 46.4. The van der Waals surface area contributed by atoms with Crippen molar-refractivity contribution in [2.75, 3.05) is 11.9 Å². The highest BCUT2D eigenvalue weighted by molar-refractivity contribution is 6.30. The standard InChI is InChI=1S/C21H21ClFN5O2.C2HF3O2/c1-21(9-18(29)28(20(24)27-21)11-12-2-3-12)15-8-14(5-6-16(15)23)26-19(30)17-7-4-13(22)10-25-17;3-2(4,5)1(6)7/h4-8,10,12H,2-3,9,11H2,1H3,(H2,24,27)(H,26,30);(H,6,7)/t21-;/m0./s1. The summed E-state index contributed by atoms with van der Waals surface area (Å²) in [6.45, 7) is 2.22. The molecule has 2 aromatic rings. The number of halogens is 5. The number of benzene rings is 1. The third kappa shape index (κ3) is 7.15. The third-order valence-electron chi connectivity index (χ3n) is 5.58. The van der Waals surface area contributed by atoms with Gasteiger partial charge in [0.15, 0.2) is 5.96 Å². The zero-order chi connectivity index (χ0) is 27.5. The van der Waals surface area contributed by atoms with Crippen molar-refractivity contribution >= 4 is 41.0 Å². The number of nitrogens with one attached hydrogen (secondary N) is 1. The van der Waals surface area contributed by atoms with Gasteiger partial charge in [0.1, 0.15) is 11.5 Å². The Bertz CT molecular complexity index is 1230. The maximum absolute atomic E-state index is 14.7. The number of guanidine groups is 1. The maximum atomic E-state index is 14.7. The van der Waals surface area contributed by atoms with Crippen LogP contribution in [0.4, 0.5) is 23.2 Å². The average molecular weight is 544 g/mol. The van der Waals surface area contributed by atoms with Crippen molar-refractivity contribution in [2.45, 2.75) is 37.9 Å². The van der Waals surface area contributed by atoms with E-state index in [0.717, 1.165) is 12.8 Å². The van der Waals surface area contributed by atoms with Crippen LogP contribution in [-0.4, -0.2) is 51.5 Å². The number of amides is 2. The van der Waals surface area contributed by atoms with Crippen LogP contribution in [0.5, 0.6) is 0 Å². The molecule has 198 valence electrons. The molecule has 37 heavy (non-hydrogen) atoms. The molecule has 2 aliphatic rings. The summed E-state index contributed by atoms with van der Waals surface area (Å²) in [6.07, 6.45) is -1.57. The maximum Gasteiger partial charge on any atom is 0.490 e. The molecule has 2 heterocycles. The van der Waals surface area contributed by atoms with Crippen molar-refractivity contribution in [3.8, 4) is 0 Å². The van der Waals surface area contributed by atoms with Crippen LogP contribution >= 0.6 is 11.6 Å². The minimum atomic E-state index is -5.08. The van der Waals surface area contributed by atoms with Crippen molar-refractivity contribution in [1.82, 2.24) is 9.88 Å². The molecule has 1 aromatic carbocycles. The Morgan fingerprint density at radius 3 is 2.43 bits per heavy atom. The summed E-state index contributed by atoms with van der Waals surface area (Å²) in [7, 11) is 0. The van der Waals surface area contributed by atoms with E-state index in [9.17, 15) is 27.2 Å². The fourth-order valence-electron chi connectivity index (χ4n) is 3.50. The van der Waals surface area contributed by atoms with E-state index in [1.54, 1.807) is 13.0 Å². The van der Waals surface area contributed by atoms with E-state index >= 15 is 0 Å². The molecule has 14 heteroatoms. The second-order valence-electron chi connectivity index (χ2n) is 8.68. The van der Waals surface area contributed by atoms with Gasteiger partial charge in [-0.15, -0.1) is 0 Å². The van der Waals surface area contributed by atoms with Crippen LogP contribution in [0, 0.1) is 11.7 Å². The third-order valence-corrected chi connectivity index (χ3v) is 5.80. The molecule has 1 aliphatic heterocycles. The molecule has 1 saturated carbocycles. The van der Waals surface area contributed by atoms with Crippen LogP contribution < -0.4 is 11.1 Å². The Labute approximate surface area is 213 Å². The van der Waals surface area contributed by atoms with E-state index in [2.05, 4.69) is 15.3 Å². The van der Waals surface area contributed by atoms with Gasteiger partial charge in [0.25, 0.3) is 5.91 Å². The number of aliphatic carboxylic acids is 1. The molecular weight excluding hydrogens is 522 g/mol. The average Bonchev–Trinajstić information content (AvgIpc) is 3.62. The molecular formula is C23H22ClF4N5O4. The zero-order valence-electron chi connectivity index (χ0n) is 19.4. The van der Waals surface area contributed by atoms with E-state index < -0.39 is 29.4 Å². The number of carboxylic acids is 1. The van der Waals surface area contributed by atoms with Gasteiger partial charge in [0.05, 0.1) is 17.0 Å². The molecule has 0 radical (unpaired) electrons. The number of nitrogens with zero attached hydrogens (tertiary/aromatic N) is 3. The van der Waals surface area contributed by atoms with Gasteiger partial charge >= 0.3 is 12.1 Å². The van der Waals surface area contributed by atoms with Gasteiger partial charge in [0.2, 0.25) is 5.91 Å². The molecule has 1 fully saturated rings. The molecule has 4 N–H and O–H groups in total. The minimum absolute atomic E-state index is 0.00647. The number of carboxylic acid groups (broad SMARTS) is 1. The Hall–Kier alpha value is -3.74. The molecule has 0 bridgehead atoms. The lowest BCUT2D eigenvalue weighted by Gasteiger charge is -2.35. The zero-order valence-corrected chi connectivity index (χ0v) is 20.1. The number of aromatic nitrogens is 1. The van der Waals surface area contributed by atoms with Crippen LogP contribution in [0.15, 0.2) is 41.5 Å². The smallest absolute Gasteiger partial charge is 0.475 e. The predicted molar refractivity (Wildman–Crippen MR) is 125 cm³/mol. The van der Waals surface area contributed by atoms with E-state index in [-0.39, 0.29) is 29.5 Å². The normalized spacial score (nSPS) is 19.5. The second kappa shape index (κ2) is 10.7. The summed E-state index contributed by atoms with van der Waals surface area (Å²) in [5, 5.41) is 10.2. The van der Waals surface area contributed by atoms with Gasteiger partial charge in [-0.1, -0.05) is 11.6 Å². The monoisotopic (exact) mass is 543 g/mol. The molecule has 9 nitrogen and oxygen atoms in total. The number of hydrogen-bond donors (Lipinski definition) is 3. The fraction of sp³-hybridized carbons (Fsp3) is 0.348. The number of hydrogen-bond acceptors (Lipinski definition) is 6. The van der Waals surface area contributed by atoms with Crippen LogP contribution in [-0.2, 0) is 15.1 Å². The first-order valence-electron chi connectivity index (χ1n) is 10.9. The molecule has 1 aliphatic carbocycles. The fourth-order valence-corrected chi connectivity index (χ4v) is 3.61. The molecule has 0 saturated heterocycles. The van der Waals surface area contributed by atoms with Gasteiger partial charge in [-0.3, -0.25) is 14.5 Å². The van der Waals surface area contributed by atoms with Crippen molar-refractivity contribution < 1.29 is 37.1 Å². The summed E-state index contributed by atoms with van der Waals surface area (Å²) in [4.78, 5) is 43.9.